The van der Waals surface area contributed by atoms with Crippen molar-refractivity contribution in [1.82, 2.24) is 0 Å². The highest BCUT2D eigenvalue weighted by molar-refractivity contribution is 6.67. The third-order valence-corrected chi connectivity index (χ3v) is 3.49. The summed E-state index contributed by atoms with van der Waals surface area (Å²) in [5.74, 6) is 0.301. The van der Waals surface area contributed by atoms with Crippen LogP contribution in [0.1, 0.15) is 34.7 Å². The fraction of sp³-hybridized carbons (Fsp3) is 0.364. The fourth-order valence-corrected chi connectivity index (χ4v) is 2.37. The van der Waals surface area contributed by atoms with Gasteiger partial charge in [0.25, 0.3) is 5.24 Å². The first kappa shape index (κ1) is 10.0. The van der Waals surface area contributed by atoms with E-state index < -0.39 is 5.24 Å². The number of rotatable bonds is 2. The van der Waals surface area contributed by atoms with Crippen LogP contribution in [0.3, 0.4) is 0 Å². The van der Waals surface area contributed by atoms with Crippen LogP contribution in [0, 0.1) is 0 Å². The van der Waals surface area contributed by atoms with Gasteiger partial charge >= 0.3 is 0 Å². The van der Waals surface area contributed by atoms with Crippen LogP contribution < -0.4 is 0 Å². The summed E-state index contributed by atoms with van der Waals surface area (Å²) in [5.41, 5.74) is 1.60. The molecule has 3 heteroatoms. The van der Waals surface area contributed by atoms with E-state index in [-0.39, 0.29) is 5.38 Å². The summed E-state index contributed by atoms with van der Waals surface area (Å²) in [6, 6.07) is 7.43. The van der Waals surface area contributed by atoms with Crippen molar-refractivity contribution in [2.45, 2.75) is 24.1 Å². The third kappa shape index (κ3) is 1.67. The summed E-state index contributed by atoms with van der Waals surface area (Å²) in [7, 11) is 0. The molecule has 0 saturated heterocycles. The van der Waals surface area contributed by atoms with Crippen molar-refractivity contribution in [2.24, 2.45) is 0 Å². The Morgan fingerprint density at radius 3 is 2.50 bits per heavy atom. The Hall–Kier alpha value is -0.530. The second-order valence-electron chi connectivity index (χ2n) is 3.56. The van der Waals surface area contributed by atoms with E-state index in [1.54, 1.807) is 6.07 Å². The molecule has 1 aromatic carbocycles. The maximum Gasteiger partial charge on any atom is 0.252 e. The number of alkyl halides is 1. The lowest BCUT2D eigenvalue weighted by molar-refractivity contribution is 0.107. The SMILES string of the molecule is O=C(Cl)c1ccccc1C1CCC1Cl. The standard InChI is InChI=1S/C11H10Cl2O/c12-10-6-5-8(10)7-3-1-2-4-9(7)11(13)14/h1-4,8,10H,5-6H2. The van der Waals surface area contributed by atoms with Crippen LogP contribution in [0.25, 0.3) is 0 Å². The molecule has 1 saturated carbocycles. The van der Waals surface area contributed by atoms with Crippen molar-refractivity contribution in [2.75, 3.05) is 0 Å². The lowest BCUT2D eigenvalue weighted by Crippen LogP contribution is -2.25. The van der Waals surface area contributed by atoms with E-state index in [4.69, 9.17) is 23.2 Å². The van der Waals surface area contributed by atoms with E-state index in [0.717, 1.165) is 18.4 Å². The topological polar surface area (TPSA) is 17.1 Å². The Kier molecular flexibility index (Phi) is 2.80. The van der Waals surface area contributed by atoms with E-state index >= 15 is 0 Å². The lowest BCUT2D eigenvalue weighted by Gasteiger charge is -2.33. The molecule has 0 heterocycles. The number of hydrogen-bond acceptors (Lipinski definition) is 1. The number of benzene rings is 1. The maximum absolute atomic E-state index is 11.1. The normalized spacial score (nSPS) is 25.6. The molecule has 0 amide bonds. The number of carbonyl (C=O) groups excluding carboxylic acids is 1. The summed E-state index contributed by atoms with van der Waals surface area (Å²) < 4.78 is 0. The molecule has 14 heavy (non-hydrogen) atoms. The first-order valence-electron chi connectivity index (χ1n) is 4.63. The zero-order valence-corrected chi connectivity index (χ0v) is 9.05. The van der Waals surface area contributed by atoms with Crippen molar-refractivity contribution in [3.05, 3.63) is 35.4 Å². The first-order chi connectivity index (χ1) is 6.70. The van der Waals surface area contributed by atoms with Gasteiger partial charge in [0, 0.05) is 16.9 Å². The summed E-state index contributed by atoms with van der Waals surface area (Å²) >= 11 is 11.6. The van der Waals surface area contributed by atoms with E-state index in [0.29, 0.717) is 11.5 Å². The fourth-order valence-electron chi connectivity index (χ4n) is 1.81. The van der Waals surface area contributed by atoms with Gasteiger partial charge in [-0.15, -0.1) is 11.6 Å². The van der Waals surface area contributed by atoms with Crippen molar-refractivity contribution in [3.63, 3.8) is 0 Å². The Labute approximate surface area is 93.0 Å². The average Bonchev–Trinajstić information content (AvgIpc) is 2.16. The molecule has 0 aromatic heterocycles. The molecule has 0 radical (unpaired) electrons. The molecular weight excluding hydrogens is 219 g/mol. The summed E-state index contributed by atoms with van der Waals surface area (Å²) in [6.45, 7) is 0. The van der Waals surface area contributed by atoms with Crippen LogP contribution in [0.4, 0.5) is 0 Å². The highest BCUT2D eigenvalue weighted by Gasteiger charge is 2.32. The van der Waals surface area contributed by atoms with Gasteiger partial charge in [0.1, 0.15) is 0 Å². The molecule has 0 N–H and O–H groups in total. The molecule has 0 spiro atoms. The zero-order valence-electron chi connectivity index (χ0n) is 7.54. The second-order valence-corrected chi connectivity index (χ2v) is 4.46. The van der Waals surface area contributed by atoms with Gasteiger partial charge in [-0.2, -0.15) is 0 Å². The Balaban J connectivity index is 2.36. The highest BCUT2D eigenvalue weighted by Crippen LogP contribution is 2.42. The molecular formula is C11H10Cl2O. The van der Waals surface area contributed by atoms with Crippen LogP contribution in [0.2, 0.25) is 0 Å². The van der Waals surface area contributed by atoms with Crippen molar-refractivity contribution in [3.8, 4) is 0 Å². The largest absolute Gasteiger partial charge is 0.276 e. The van der Waals surface area contributed by atoms with Gasteiger partial charge in [0.15, 0.2) is 0 Å². The van der Waals surface area contributed by atoms with Crippen molar-refractivity contribution < 1.29 is 4.79 Å². The monoisotopic (exact) mass is 228 g/mol. The van der Waals surface area contributed by atoms with Gasteiger partial charge in [-0.25, -0.2) is 0 Å². The number of carbonyl (C=O) groups is 1. The van der Waals surface area contributed by atoms with Crippen LogP contribution in [-0.2, 0) is 0 Å². The average molecular weight is 229 g/mol. The quantitative estimate of drug-likeness (QED) is 0.559. The molecule has 1 aliphatic carbocycles. The summed E-state index contributed by atoms with van der Waals surface area (Å²) in [6.07, 6.45) is 2.08. The van der Waals surface area contributed by atoms with Gasteiger partial charge in [0.2, 0.25) is 0 Å². The van der Waals surface area contributed by atoms with Gasteiger partial charge < -0.3 is 0 Å². The van der Waals surface area contributed by atoms with Crippen LogP contribution in [0.15, 0.2) is 24.3 Å². The van der Waals surface area contributed by atoms with E-state index in [9.17, 15) is 4.79 Å². The van der Waals surface area contributed by atoms with Gasteiger partial charge in [0.05, 0.1) is 0 Å². The molecule has 2 unspecified atom stereocenters. The maximum atomic E-state index is 11.1. The molecule has 2 atom stereocenters. The predicted octanol–water partition coefficient (Wildman–Crippen LogP) is 3.55. The van der Waals surface area contributed by atoms with Crippen LogP contribution in [-0.4, -0.2) is 10.6 Å². The Morgan fingerprint density at radius 1 is 1.29 bits per heavy atom. The van der Waals surface area contributed by atoms with Crippen molar-refractivity contribution >= 4 is 28.4 Å². The summed E-state index contributed by atoms with van der Waals surface area (Å²) in [4.78, 5) is 11.1. The van der Waals surface area contributed by atoms with Crippen molar-refractivity contribution in [1.29, 1.82) is 0 Å². The third-order valence-electron chi connectivity index (χ3n) is 2.76. The predicted molar refractivity (Wildman–Crippen MR) is 58.2 cm³/mol. The molecule has 0 aliphatic heterocycles. The minimum absolute atomic E-state index is 0.159. The van der Waals surface area contributed by atoms with Gasteiger partial charge in [-0.05, 0) is 36.1 Å². The molecule has 1 fully saturated rings. The van der Waals surface area contributed by atoms with Gasteiger partial charge in [-0.1, -0.05) is 18.2 Å². The molecule has 74 valence electrons. The van der Waals surface area contributed by atoms with E-state index in [1.165, 1.54) is 0 Å². The molecule has 1 aromatic rings. The van der Waals surface area contributed by atoms with Crippen LogP contribution in [0.5, 0.6) is 0 Å². The molecule has 0 bridgehead atoms. The minimum Gasteiger partial charge on any atom is -0.276 e. The highest BCUT2D eigenvalue weighted by atomic mass is 35.5. The first-order valence-corrected chi connectivity index (χ1v) is 5.44. The molecule has 2 rings (SSSR count). The lowest BCUT2D eigenvalue weighted by atomic mass is 9.78. The number of hydrogen-bond donors (Lipinski definition) is 0. The smallest absolute Gasteiger partial charge is 0.252 e. The summed E-state index contributed by atoms with van der Waals surface area (Å²) in [5, 5.41) is -0.233. The zero-order chi connectivity index (χ0) is 10.1. The number of halogens is 2. The Morgan fingerprint density at radius 2 is 2.00 bits per heavy atom. The van der Waals surface area contributed by atoms with E-state index in [1.807, 2.05) is 18.2 Å². The Bertz CT molecular complexity index is 362. The van der Waals surface area contributed by atoms with E-state index in [2.05, 4.69) is 0 Å². The molecule has 1 nitrogen and oxygen atoms in total. The second kappa shape index (κ2) is 3.92. The minimum atomic E-state index is -0.392. The van der Waals surface area contributed by atoms with Gasteiger partial charge in [-0.3, -0.25) is 4.79 Å². The van der Waals surface area contributed by atoms with Crippen LogP contribution >= 0.6 is 23.2 Å². The molecule has 1 aliphatic rings.